The van der Waals surface area contributed by atoms with Crippen LogP contribution >= 0.6 is 0 Å². The molecule has 1 aromatic heterocycles. The molecular weight excluding hydrogens is 169 g/mol. The van der Waals surface area contributed by atoms with E-state index in [9.17, 15) is 4.39 Å². The Morgan fingerprint density at radius 2 is 2.46 bits per heavy atom. The second kappa shape index (κ2) is 3.07. The molecule has 0 aromatic carbocycles. The molecule has 0 spiro atoms. The van der Waals surface area contributed by atoms with Gasteiger partial charge in [0.25, 0.3) is 0 Å². The largest absolute Gasteiger partial charge is 0.396 e. The molecule has 13 heavy (non-hydrogen) atoms. The topological polar surface area (TPSA) is 33.1 Å². The van der Waals surface area contributed by atoms with E-state index >= 15 is 0 Å². The monoisotopic (exact) mass is 181 g/mol. The van der Waals surface area contributed by atoms with Crippen molar-refractivity contribution in [2.45, 2.75) is 19.3 Å². The van der Waals surface area contributed by atoms with Gasteiger partial charge in [0.15, 0.2) is 0 Å². The molecule has 1 aromatic rings. The minimum Gasteiger partial charge on any atom is -0.396 e. The normalized spacial score (nSPS) is 26.1. The molecule has 0 radical (unpaired) electrons. The van der Waals surface area contributed by atoms with Gasteiger partial charge in [0.2, 0.25) is 0 Å². The number of pyridine rings is 1. The zero-order valence-corrected chi connectivity index (χ0v) is 7.50. The Kier molecular flexibility index (Phi) is 2.04. The summed E-state index contributed by atoms with van der Waals surface area (Å²) in [5, 5.41) is 8.83. The fourth-order valence-electron chi connectivity index (χ4n) is 1.60. The van der Waals surface area contributed by atoms with Crippen LogP contribution in [0.15, 0.2) is 12.3 Å². The van der Waals surface area contributed by atoms with Gasteiger partial charge < -0.3 is 5.11 Å². The molecule has 0 amide bonds. The second-order valence-corrected chi connectivity index (χ2v) is 3.66. The molecular formula is C10H12FNO. The van der Waals surface area contributed by atoms with E-state index in [4.69, 9.17) is 5.11 Å². The third kappa shape index (κ3) is 1.56. The molecule has 0 aliphatic heterocycles. The molecule has 3 heteroatoms. The summed E-state index contributed by atoms with van der Waals surface area (Å²) in [5.74, 6) is 0.135. The summed E-state index contributed by atoms with van der Waals surface area (Å²) in [7, 11) is 0. The number of hydrogen-bond acceptors (Lipinski definition) is 2. The number of aryl methyl sites for hydroxylation is 1. The van der Waals surface area contributed by atoms with Crippen molar-refractivity contribution in [1.82, 2.24) is 4.98 Å². The van der Waals surface area contributed by atoms with Crippen LogP contribution in [0.4, 0.5) is 4.39 Å². The molecule has 1 N–H and O–H groups in total. The number of halogens is 1. The predicted molar refractivity (Wildman–Crippen MR) is 46.9 cm³/mol. The summed E-state index contributed by atoms with van der Waals surface area (Å²) in [4.78, 5) is 4.05. The molecule has 2 nitrogen and oxygen atoms in total. The van der Waals surface area contributed by atoms with Gasteiger partial charge in [-0.15, -0.1) is 0 Å². The van der Waals surface area contributed by atoms with Gasteiger partial charge in [-0.3, -0.25) is 4.98 Å². The Morgan fingerprint density at radius 3 is 3.00 bits per heavy atom. The van der Waals surface area contributed by atoms with Crippen LogP contribution in [-0.2, 0) is 0 Å². The maximum atomic E-state index is 13.3. The van der Waals surface area contributed by atoms with Gasteiger partial charge in [0.05, 0.1) is 5.69 Å². The SMILES string of the molecule is Cc1cnc(C2CC2CO)c(F)c1. The summed E-state index contributed by atoms with van der Waals surface area (Å²) in [6, 6.07) is 1.50. The molecule has 1 aliphatic rings. The van der Waals surface area contributed by atoms with Crippen molar-refractivity contribution in [2.24, 2.45) is 5.92 Å². The molecule has 70 valence electrons. The highest BCUT2D eigenvalue weighted by atomic mass is 19.1. The van der Waals surface area contributed by atoms with Gasteiger partial charge in [-0.05, 0) is 30.9 Å². The van der Waals surface area contributed by atoms with E-state index in [0.717, 1.165) is 12.0 Å². The lowest BCUT2D eigenvalue weighted by Crippen LogP contribution is -1.96. The lowest BCUT2D eigenvalue weighted by molar-refractivity contribution is 0.273. The van der Waals surface area contributed by atoms with Gasteiger partial charge >= 0.3 is 0 Å². The van der Waals surface area contributed by atoms with Crippen LogP contribution in [0.3, 0.4) is 0 Å². The summed E-state index contributed by atoms with van der Waals surface area (Å²) in [6.07, 6.45) is 2.54. The van der Waals surface area contributed by atoms with Crippen molar-refractivity contribution < 1.29 is 9.50 Å². The van der Waals surface area contributed by atoms with Crippen LogP contribution in [0.25, 0.3) is 0 Å². The number of aromatic nitrogens is 1. The fraction of sp³-hybridized carbons (Fsp3) is 0.500. The maximum absolute atomic E-state index is 13.3. The standard InChI is InChI=1S/C10H12FNO/c1-6-2-9(11)10(12-4-6)8-3-7(8)5-13/h2,4,7-8,13H,3,5H2,1H3. The van der Waals surface area contributed by atoms with Gasteiger partial charge in [-0.2, -0.15) is 0 Å². The van der Waals surface area contributed by atoms with Crippen LogP contribution in [0, 0.1) is 18.7 Å². The molecule has 2 rings (SSSR count). The van der Waals surface area contributed by atoms with E-state index in [1.807, 2.05) is 6.92 Å². The quantitative estimate of drug-likeness (QED) is 0.752. The molecule has 0 saturated heterocycles. The second-order valence-electron chi connectivity index (χ2n) is 3.66. The van der Waals surface area contributed by atoms with E-state index < -0.39 is 0 Å². The van der Waals surface area contributed by atoms with Crippen LogP contribution in [0.5, 0.6) is 0 Å². The predicted octanol–water partition coefficient (Wildman–Crippen LogP) is 1.62. The van der Waals surface area contributed by atoms with Crippen molar-refractivity contribution in [3.8, 4) is 0 Å². The highest BCUT2D eigenvalue weighted by Gasteiger charge is 2.40. The molecule has 1 fully saturated rings. The first-order valence-corrected chi connectivity index (χ1v) is 4.45. The fourth-order valence-corrected chi connectivity index (χ4v) is 1.60. The molecule has 0 bridgehead atoms. The Morgan fingerprint density at radius 1 is 1.69 bits per heavy atom. The van der Waals surface area contributed by atoms with Crippen molar-refractivity contribution in [3.63, 3.8) is 0 Å². The average Bonchev–Trinajstić information content (AvgIpc) is 2.83. The van der Waals surface area contributed by atoms with Gasteiger partial charge in [0, 0.05) is 18.7 Å². The zero-order valence-electron chi connectivity index (χ0n) is 7.50. The lowest BCUT2D eigenvalue weighted by Gasteiger charge is -2.01. The van der Waals surface area contributed by atoms with E-state index in [2.05, 4.69) is 4.98 Å². The minimum absolute atomic E-state index is 0.139. The van der Waals surface area contributed by atoms with Crippen LogP contribution in [0.1, 0.15) is 23.6 Å². The number of rotatable bonds is 2. The molecule has 1 heterocycles. The molecule has 1 aliphatic carbocycles. The summed E-state index contributed by atoms with van der Waals surface area (Å²) < 4.78 is 13.3. The van der Waals surface area contributed by atoms with Crippen molar-refractivity contribution in [1.29, 1.82) is 0 Å². The Bertz CT molecular complexity index is 327. The number of hydrogen-bond donors (Lipinski definition) is 1. The summed E-state index contributed by atoms with van der Waals surface area (Å²) in [5.41, 5.74) is 1.35. The minimum atomic E-state index is -0.235. The molecule has 2 unspecified atom stereocenters. The maximum Gasteiger partial charge on any atom is 0.145 e. The summed E-state index contributed by atoms with van der Waals surface area (Å²) >= 11 is 0. The Balaban J connectivity index is 2.22. The first-order valence-electron chi connectivity index (χ1n) is 4.45. The average molecular weight is 181 g/mol. The van der Waals surface area contributed by atoms with Gasteiger partial charge in [-0.1, -0.05) is 0 Å². The highest BCUT2D eigenvalue weighted by Crippen LogP contribution is 2.46. The van der Waals surface area contributed by atoms with Crippen molar-refractivity contribution >= 4 is 0 Å². The summed E-state index contributed by atoms with van der Waals surface area (Å²) in [6.45, 7) is 1.95. The number of nitrogens with zero attached hydrogens (tertiary/aromatic N) is 1. The zero-order chi connectivity index (χ0) is 9.42. The van der Waals surface area contributed by atoms with E-state index in [1.165, 1.54) is 6.07 Å². The first-order chi connectivity index (χ1) is 6.22. The smallest absolute Gasteiger partial charge is 0.145 e. The van der Waals surface area contributed by atoms with Crippen molar-refractivity contribution in [2.75, 3.05) is 6.61 Å². The Hall–Kier alpha value is -0.960. The van der Waals surface area contributed by atoms with Crippen LogP contribution < -0.4 is 0 Å². The van der Waals surface area contributed by atoms with E-state index in [0.29, 0.717) is 5.69 Å². The van der Waals surface area contributed by atoms with Gasteiger partial charge in [-0.25, -0.2) is 4.39 Å². The first kappa shape index (κ1) is 8.63. The van der Waals surface area contributed by atoms with E-state index in [1.54, 1.807) is 6.20 Å². The van der Waals surface area contributed by atoms with Crippen molar-refractivity contribution in [3.05, 3.63) is 29.3 Å². The Labute approximate surface area is 76.4 Å². The van der Waals surface area contributed by atoms with Crippen LogP contribution in [0.2, 0.25) is 0 Å². The third-order valence-electron chi connectivity index (χ3n) is 2.51. The third-order valence-corrected chi connectivity index (χ3v) is 2.51. The highest BCUT2D eigenvalue weighted by molar-refractivity contribution is 5.23. The lowest BCUT2D eigenvalue weighted by atomic mass is 10.2. The molecule has 2 atom stereocenters. The number of aliphatic hydroxyl groups excluding tert-OH is 1. The molecule has 1 saturated carbocycles. The van der Waals surface area contributed by atoms with Crippen LogP contribution in [-0.4, -0.2) is 16.7 Å². The van der Waals surface area contributed by atoms with E-state index in [-0.39, 0.29) is 24.3 Å². The van der Waals surface area contributed by atoms with Gasteiger partial charge in [0.1, 0.15) is 5.82 Å². The number of aliphatic hydroxyl groups is 1.